The molecule has 1 fully saturated rings. The third kappa shape index (κ3) is 3.85. The van der Waals surface area contributed by atoms with Gasteiger partial charge in [-0.25, -0.2) is 4.31 Å². The average molecular weight is 262 g/mol. The van der Waals surface area contributed by atoms with Gasteiger partial charge in [0.15, 0.2) is 0 Å². The van der Waals surface area contributed by atoms with Gasteiger partial charge in [0.25, 0.3) is 0 Å². The van der Waals surface area contributed by atoms with Crippen LogP contribution in [-0.2, 0) is 0 Å². The molecular formula is C13H27NS2. The predicted molar refractivity (Wildman–Crippen MR) is 78.6 cm³/mol. The van der Waals surface area contributed by atoms with Gasteiger partial charge in [0.1, 0.15) is 0 Å². The summed E-state index contributed by atoms with van der Waals surface area (Å²) in [5.41, 5.74) is 0. The van der Waals surface area contributed by atoms with Crippen LogP contribution in [0.2, 0.25) is 0 Å². The maximum absolute atomic E-state index is 2.62. The van der Waals surface area contributed by atoms with Crippen LogP contribution in [-0.4, -0.2) is 21.6 Å². The van der Waals surface area contributed by atoms with E-state index in [9.17, 15) is 0 Å². The van der Waals surface area contributed by atoms with Crippen LogP contribution in [0, 0.1) is 11.8 Å². The Balaban J connectivity index is 2.71. The van der Waals surface area contributed by atoms with Crippen molar-refractivity contribution in [3.63, 3.8) is 0 Å². The Morgan fingerprint density at radius 1 is 1.06 bits per heavy atom. The zero-order chi connectivity index (χ0) is 12.3. The Labute approximate surface area is 110 Å². The van der Waals surface area contributed by atoms with Gasteiger partial charge in [-0.3, -0.25) is 0 Å². The van der Waals surface area contributed by atoms with Crippen LogP contribution >= 0.6 is 21.8 Å². The first-order valence-corrected chi connectivity index (χ1v) is 8.72. The van der Waals surface area contributed by atoms with E-state index in [0.29, 0.717) is 6.04 Å². The fourth-order valence-corrected chi connectivity index (χ4v) is 5.47. The molecule has 1 nitrogen and oxygen atoms in total. The van der Waals surface area contributed by atoms with Crippen molar-refractivity contribution in [1.82, 2.24) is 4.31 Å². The molecule has 3 unspecified atom stereocenters. The summed E-state index contributed by atoms with van der Waals surface area (Å²) < 4.78 is 2.62. The summed E-state index contributed by atoms with van der Waals surface area (Å²) in [6.07, 6.45) is 2.73. The first-order chi connectivity index (χ1) is 7.43. The number of rotatable bonds is 2. The highest BCUT2D eigenvalue weighted by atomic mass is 33.1. The van der Waals surface area contributed by atoms with Crippen LogP contribution in [0.15, 0.2) is 0 Å². The van der Waals surface area contributed by atoms with E-state index in [-0.39, 0.29) is 0 Å². The molecule has 96 valence electrons. The minimum Gasteiger partial charge on any atom is -0.235 e. The molecule has 0 bridgehead atoms. The second-order valence-electron chi connectivity index (χ2n) is 5.70. The predicted octanol–water partition coefficient (Wildman–Crippen LogP) is 4.84. The Morgan fingerprint density at radius 3 is 2.19 bits per heavy atom. The molecule has 1 aliphatic rings. The van der Waals surface area contributed by atoms with Gasteiger partial charge in [-0.1, -0.05) is 38.5 Å². The van der Waals surface area contributed by atoms with E-state index in [4.69, 9.17) is 0 Å². The highest BCUT2D eigenvalue weighted by Crippen LogP contribution is 2.42. The molecule has 0 aromatic carbocycles. The molecule has 1 saturated heterocycles. The summed E-state index contributed by atoms with van der Waals surface area (Å²) in [7, 11) is 4.06. The highest BCUT2D eigenvalue weighted by molar-refractivity contribution is 8.76. The van der Waals surface area contributed by atoms with Gasteiger partial charge in [0.2, 0.25) is 0 Å². The van der Waals surface area contributed by atoms with E-state index in [2.05, 4.69) is 56.6 Å². The largest absolute Gasteiger partial charge is 0.235 e. The SMILES string of the molecule is CC(C)C1CCC(C)C(C)SSN1C(C)C. The molecule has 0 N–H and O–H groups in total. The average Bonchev–Trinajstić information content (AvgIpc) is 2.18. The fraction of sp³-hybridized carbons (Fsp3) is 1.00. The maximum Gasteiger partial charge on any atom is 0.0236 e. The topological polar surface area (TPSA) is 3.24 Å². The molecule has 3 heteroatoms. The van der Waals surface area contributed by atoms with Crippen molar-refractivity contribution in [2.24, 2.45) is 11.8 Å². The van der Waals surface area contributed by atoms with Gasteiger partial charge in [-0.15, -0.1) is 0 Å². The van der Waals surface area contributed by atoms with Crippen molar-refractivity contribution < 1.29 is 0 Å². The molecule has 3 atom stereocenters. The van der Waals surface area contributed by atoms with Crippen LogP contribution in [0.1, 0.15) is 54.4 Å². The van der Waals surface area contributed by atoms with Crippen LogP contribution < -0.4 is 0 Å². The van der Waals surface area contributed by atoms with Gasteiger partial charge >= 0.3 is 0 Å². The molecule has 0 amide bonds. The third-order valence-corrected chi connectivity index (χ3v) is 7.01. The zero-order valence-corrected chi connectivity index (χ0v) is 13.2. The molecule has 0 radical (unpaired) electrons. The van der Waals surface area contributed by atoms with E-state index in [1.54, 1.807) is 0 Å². The third-order valence-electron chi connectivity index (χ3n) is 3.61. The second kappa shape index (κ2) is 6.55. The molecule has 0 aliphatic carbocycles. The number of hydrogen-bond donors (Lipinski definition) is 0. The summed E-state index contributed by atoms with van der Waals surface area (Å²) in [6.45, 7) is 14.1. The lowest BCUT2D eigenvalue weighted by Gasteiger charge is -2.39. The van der Waals surface area contributed by atoms with E-state index in [0.717, 1.165) is 23.1 Å². The smallest absolute Gasteiger partial charge is 0.0236 e. The van der Waals surface area contributed by atoms with E-state index >= 15 is 0 Å². The van der Waals surface area contributed by atoms with Crippen LogP contribution in [0.25, 0.3) is 0 Å². The summed E-state index contributed by atoms with van der Waals surface area (Å²) in [5.74, 6) is 1.61. The molecule has 1 rings (SSSR count). The maximum atomic E-state index is 2.62. The summed E-state index contributed by atoms with van der Waals surface area (Å²) in [5, 5.41) is 0.777. The lowest BCUT2D eigenvalue weighted by Crippen LogP contribution is -2.39. The summed E-state index contributed by atoms with van der Waals surface area (Å²) in [6, 6.07) is 1.39. The molecule has 1 heterocycles. The molecule has 16 heavy (non-hydrogen) atoms. The second-order valence-corrected chi connectivity index (χ2v) is 8.23. The Kier molecular flexibility index (Phi) is 6.03. The molecule has 0 saturated carbocycles. The first-order valence-electron chi connectivity index (χ1n) is 6.55. The van der Waals surface area contributed by atoms with E-state index in [1.807, 2.05) is 11.0 Å². The van der Waals surface area contributed by atoms with Gasteiger partial charge in [-0.05, 0) is 49.5 Å². The zero-order valence-electron chi connectivity index (χ0n) is 11.6. The fourth-order valence-electron chi connectivity index (χ4n) is 2.16. The molecule has 0 aromatic heterocycles. The van der Waals surface area contributed by atoms with E-state index < -0.39 is 0 Å². The van der Waals surface area contributed by atoms with Crippen molar-refractivity contribution in [1.29, 1.82) is 0 Å². The van der Waals surface area contributed by atoms with Crippen molar-refractivity contribution >= 4 is 21.8 Å². The van der Waals surface area contributed by atoms with Gasteiger partial charge in [0, 0.05) is 17.3 Å². The minimum absolute atomic E-state index is 0.644. The normalized spacial score (nSPS) is 34.1. The quantitative estimate of drug-likeness (QED) is 0.517. The van der Waals surface area contributed by atoms with Gasteiger partial charge in [-0.2, -0.15) is 0 Å². The summed E-state index contributed by atoms with van der Waals surface area (Å²) >= 11 is 0. The van der Waals surface area contributed by atoms with E-state index in [1.165, 1.54) is 12.8 Å². The van der Waals surface area contributed by atoms with Gasteiger partial charge < -0.3 is 0 Å². The first kappa shape index (κ1) is 14.7. The van der Waals surface area contributed by atoms with Crippen LogP contribution in [0.3, 0.4) is 0 Å². The van der Waals surface area contributed by atoms with Crippen molar-refractivity contribution in [2.75, 3.05) is 0 Å². The molecule has 0 aromatic rings. The summed E-state index contributed by atoms with van der Waals surface area (Å²) in [4.78, 5) is 0. The van der Waals surface area contributed by atoms with Crippen molar-refractivity contribution in [2.45, 2.75) is 71.7 Å². The van der Waals surface area contributed by atoms with Gasteiger partial charge in [0.05, 0.1) is 0 Å². The van der Waals surface area contributed by atoms with Crippen molar-refractivity contribution in [3.8, 4) is 0 Å². The number of hydrogen-bond acceptors (Lipinski definition) is 3. The highest BCUT2D eigenvalue weighted by Gasteiger charge is 2.29. The monoisotopic (exact) mass is 261 g/mol. The Bertz CT molecular complexity index is 184. The minimum atomic E-state index is 0.644. The van der Waals surface area contributed by atoms with Crippen molar-refractivity contribution in [3.05, 3.63) is 0 Å². The van der Waals surface area contributed by atoms with Crippen LogP contribution in [0.5, 0.6) is 0 Å². The molecule has 0 spiro atoms. The number of nitrogens with zero attached hydrogens (tertiary/aromatic N) is 1. The lowest BCUT2D eigenvalue weighted by atomic mass is 9.93. The molecule has 1 aliphatic heterocycles. The Hall–Kier alpha value is 0.660. The lowest BCUT2D eigenvalue weighted by molar-refractivity contribution is 0.218. The standard InChI is InChI=1S/C13H27NS2/c1-9(2)13-8-7-11(5)12(6)15-16-14(13)10(3)4/h9-13H,7-8H2,1-6H3. The van der Waals surface area contributed by atoms with Crippen LogP contribution in [0.4, 0.5) is 0 Å². The molecular weight excluding hydrogens is 234 g/mol. The Morgan fingerprint density at radius 2 is 1.69 bits per heavy atom.